The number of amides is 1. The van der Waals surface area contributed by atoms with E-state index in [1.54, 1.807) is 11.3 Å². The van der Waals surface area contributed by atoms with Crippen LogP contribution in [0.15, 0.2) is 6.07 Å². The van der Waals surface area contributed by atoms with Gasteiger partial charge >= 0.3 is 0 Å². The zero-order chi connectivity index (χ0) is 13.2. The van der Waals surface area contributed by atoms with Gasteiger partial charge in [0.15, 0.2) is 0 Å². The average Bonchev–Trinajstić information content (AvgIpc) is 3.04. The summed E-state index contributed by atoms with van der Waals surface area (Å²) in [7, 11) is 0. The average molecular weight is 279 g/mol. The van der Waals surface area contributed by atoms with Crippen molar-refractivity contribution in [2.45, 2.75) is 58.0 Å². The van der Waals surface area contributed by atoms with Gasteiger partial charge in [0, 0.05) is 4.88 Å². The van der Waals surface area contributed by atoms with Crippen LogP contribution in [-0.4, -0.2) is 12.0 Å². The predicted molar refractivity (Wildman–Crippen MR) is 76.3 cm³/mol. The van der Waals surface area contributed by atoms with Gasteiger partial charge in [0.05, 0.1) is 11.0 Å². The van der Waals surface area contributed by atoms with Crippen LogP contribution in [0.1, 0.15) is 59.1 Å². The predicted octanol–water partition coefficient (Wildman–Crippen LogP) is 3.48. The van der Waals surface area contributed by atoms with Crippen LogP contribution in [0, 0.1) is 5.92 Å². The molecule has 0 radical (unpaired) electrons. The monoisotopic (exact) mass is 279 g/mol. The van der Waals surface area contributed by atoms with E-state index in [9.17, 15) is 4.79 Å². The number of hydroxylamine groups is 1. The number of rotatable bonds is 3. The Balaban J connectivity index is 1.60. The van der Waals surface area contributed by atoms with Gasteiger partial charge < -0.3 is 0 Å². The molecule has 1 heterocycles. The van der Waals surface area contributed by atoms with Crippen molar-refractivity contribution < 1.29 is 9.63 Å². The molecule has 1 unspecified atom stereocenters. The maximum Gasteiger partial charge on any atom is 0.284 e. The normalized spacial score (nSPS) is 23.3. The van der Waals surface area contributed by atoms with E-state index in [2.05, 4.69) is 18.5 Å². The minimum atomic E-state index is -0.0704. The highest BCUT2D eigenvalue weighted by atomic mass is 32.1. The number of hydrogen-bond acceptors (Lipinski definition) is 3. The van der Waals surface area contributed by atoms with Gasteiger partial charge in [-0.3, -0.25) is 9.63 Å². The second-order valence-electron chi connectivity index (χ2n) is 5.86. The van der Waals surface area contributed by atoms with Crippen molar-refractivity contribution in [3.63, 3.8) is 0 Å². The van der Waals surface area contributed by atoms with E-state index >= 15 is 0 Å². The molecule has 1 amide bonds. The van der Waals surface area contributed by atoms with E-state index < -0.39 is 0 Å². The van der Waals surface area contributed by atoms with Crippen LogP contribution in [0.2, 0.25) is 0 Å². The standard InChI is InChI=1S/C15H21NO2S/c1-10-6-7-13-11(8-10)9-14(19-13)15(17)16-18-12-4-2-3-5-12/h9-10,12H,2-8H2,1H3,(H,16,17). The molecule has 1 aromatic heterocycles. The van der Waals surface area contributed by atoms with Crippen molar-refractivity contribution >= 4 is 17.2 Å². The molecule has 0 spiro atoms. The summed E-state index contributed by atoms with van der Waals surface area (Å²) in [6.07, 6.45) is 8.27. The summed E-state index contributed by atoms with van der Waals surface area (Å²) in [4.78, 5) is 19.8. The molecule has 3 rings (SSSR count). The van der Waals surface area contributed by atoms with Crippen LogP contribution in [0.3, 0.4) is 0 Å². The Bertz CT molecular complexity index is 463. The topological polar surface area (TPSA) is 38.3 Å². The second kappa shape index (κ2) is 5.63. The Kier molecular flexibility index (Phi) is 3.89. The maximum absolute atomic E-state index is 12.1. The summed E-state index contributed by atoms with van der Waals surface area (Å²) in [5, 5.41) is 0. The number of thiophene rings is 1. The number of fused-ring (bicyclic) bond motifs is 1. The highest BCUT2D eigenvalue weighted by Gasteiger charge is 2.22. The van der Waals surface area contributed by atoms with E-state index in [-0.39, 0.29) is 12.0 Å². The fourth-order valence-corrected chi connectivity index (χ4v) is 4.11. The third kappa shape index (κ3) is 3.00. The minimum Gasteiger partial charge on any atom is -0.270 e. The fraction of sp³-hybridized carbons (Fsp3) is 0.667. The van der Waals surface area contributed by atoms with E-state index in [1.165, 1.54) is 29.7 Å². The smallest absolute Gasteiger partial charge is 0.270 e. The first-order chi connectivity index (χ1) is 9.22. The van der Waals surface area contributed by atoms with Crippen molar-refractivity contribution in [1.82, 2.24) is 5.48 Å². The minimum absolute atomic E-state index is 0.0704. The number of carbonyl (C=O) groups excluding carboxylic acids is 1. The maximum atomic E-state index is 12.1. The quantitative estimate of drug-likeness (QED) is 0.860. The summed E-state index contributed by atoms with van der Waals surface area (Å²) < 4.78 is 0. The third-order valence-electron chi connectivity index (χ3n) is 4.17. The molecule has 2 aliphatic rings. The lowest BCUT2D eigenvalue weighted by Gasteiger charge is -2.16. The van der Waals surface area contributed by atoms with Crippen molar-refractivity contribution in [3.05, 3.63) is 21.4 Å². The molecular formula is C15H21NO2S. The van der Waals surface area contributed by atoms with Crippen LogP contribution >= 0.6 is 11.3 Å². The Hall–Kier alpha value is -0.870. The fourth-order valence-electron chi connectivity index (χ4n) is 3.01. The molecule has 19 heavy (non-hydrogen) atoms. The lowest BCUT2D eigenvalue weighted by Crippen LogP contribution is -2.27. The lowest BCUT2D eigenvalue weighted by molar-refractivity contribution is -0.0122. The lowest BCUT2D eigenvalue weighted by atomic mass is 9.90. The summed E-state index contributed by atoms with van der Waals surface area (Å²) in [5.41, 5.74) is 4.00. The molecule has 0 saturated heterocycles. The van der Waals surface area contributed by atoms with Crippen LogP contribution in [-0.2, 0) is 17.7 Å². The summed E-state index contributed by atoms with van der Waals surface area (Å²) in [6.45, 7) is 2.28. The Labute approximate surface area is 118 Å². The van der Waals surface area contributed by atoms with Gasteiger partial charge in [0.25, 0.3) is 5.91 Å². The highest BCUT2D eigenvalue weighted by molar-refractivity contribution is 7.14. The molecule has 1 saturated carbocycles. The molecule has 1 atom stereocenters. The Morgan fingerprint density at radius 2 is 2.16 bits per heavy atom. The number of carbonyl (C=O) groups is 1. The molecule has 0 bridgehead atoms. The largest absolute Gasteiger partial charge is 0.284 e. The van der Waals surface area contributed by atoms with Gasteiger partial charge in [-0.2, -0.15) is 0 Å². The first-order valence-electron chi connectivity index (χ1n) is 7.30. The number of aryl methyl sites for hydroxylation is 1. The van der Waals surface area contributed by atoms with Gasteiger partial charge in [-0.05, 0) is 49.7 Å². The van der Waals surface area contributed by atoms with E-state index in [0.29, 0.717) is 0 Å². The summed E-state index contributed by atoms with van der Waals surface area (Å²) in [6, 6.07) is 2.06. The van der Waals surface area contributed by atoms with Crippen molar-refractivity contribution in [1.29, 1.82) is 0 Å². The molecule has 1 N–H and O–H groups in total. The number of hydrogen-bond donors (Lipinski definition) is 1. The molecule has 0 aliphatic heterocycles. The van der Waals surface area contributed by atoms with Gasteiger partial charge in [0.1, 0.15) is 0 Å². The van der Waals surface area contributed by atoms with Crippen LogP contribution in [0.25, 0.3) is 0 Å². The van der Waals surface area contributed by atoms with E-state index in [0.717, 1.165) is 36.5 Å². The van der Waals surface area contributed by atoms with Crippen LogP contribution in [0.5, 0.6) is 0 Å². The zero-order valence-electron chi connectivity index (χ0n) is 11.4. The zero-order valence-corrected chi connectivity index (χ0v) is 12.2. The van der Waals surface area contributed by atoms with Crippen molar-refractivity contribution in [2.75, 3.05) is 0 Å². The molecule has 104 valence electrons. The van der Waals surface area contributed by atoms with Crippen molar-refractivity contribution in [3.8, 4) is 0 Å². The molecule has 3 nitrogen and oxygen atoms in total. The van der Waals surface area contributed by atoms with Crippen molar-refractivity contribution in [2.24, 2.45) is 5.92 Å². The first-order valence-corrected chi connectivity index (χ1v) is 8.11. The van der Waals surface area contributed by atoms with Crippen LogP contribution in [0.4, 0.5) is 0 Å². The molecule has 1 fully saturated rings. The SMILES string of the molecule is CC1CCc2sc(C(=O)NOC3CCCC3)cc2C1. The third-order valence-corrected chi connectivity index (χ3v) is 5.41. The first kappa shape index (κ1) is 13.1. The van der Waals surface area contributed by atoms with Gasteiger partial charge in [-0.25, -0.2) is 5.48 Å². The van der Waals surface area contributed by atoms with Crippen LogP contribution < -0.4 is 5.48 Å². The Morgan fingerprint density at radius 3 is 2.95 bits per heavy atom. The molecule has 4 heteroatoms. The second-order valence-corrected chi connectivity index (χ2v) is 7.00. The molecule has 2 aliphatic carbocycles. The summed E-state index contributed by atoms with van der Waals surface area (Å²) >= 11 is 1.64. The van der Waals surface area contributed by atoms with Gasteiger partial charge in [-0.15, -0.1) is 11.3 Å². The Morgan fingerprint density at radius 1 is 1.37 bits per heavy atom. The van der Waals surface area contributed by atoms with E-state index in [4.69, 9.17) is 4.84 Å². The molecule has 0 aromatic carbocycles. The number of nitrogens with one attached hydrogen (secondary N) is 1. The summed E-state index contributed by atoms with van der Waals surface area (Å²) in [5.74, 6) is 0.673. The van der Waals surface area contributed by atoms with Gasteiger partial charge in [-0.1, -0.05) is 19.8 Å². The van der Waals surface area contributed by atoms with Gasteiger partial charge in [0.2, 0.25) is 0 Å². The molecule has 1 aromatic rings. The van der Waals surface area contributed by atoms with E-state index in [1.807, 2.05) is 0 Å². The molecular weight excluding hydrogens is 258 g/mol. The highest BCUT2D eigenvalue weighted by Crippen LogP contribution is 2.32.